The zero-order chi connectivity index (χ0) is 22.1. The highest BCUT2D eigenvalue weighted by Crippen LogP contribution is 2.38. The van der Waals surface area contributed by atoms with Gasteiger partial charge in [-0.15, -0.1) is 0 Å². The van der Waals surface area contributed by atoms with E-state index in [1.165, 1.54) is 0 Å². The molecule has 0 aliphatic carbocycles. The van der Waals surface area contributed by atoms with Crippen LogP contribution < -0.4 is 10.2 Å². The van der Waals surface area contributed by atoms with Crippen LogP contribution in [0.2, 0.25) is 0 Å². The minimum Gasteiger partial charge on any atom is -0.494 e. The van der Waals surface area contributed by atoms with Crippen LogP contribution in [0.5, 0.6) is 5.75 Å². The molecule has 1 aromatic heterocycles. The maximum absolute atomic E-state index is 13.5. The molecule has 1 atom stereocenters. The van der Waals surface area contributed by atoms with E-state index in [4.69, 9.17) is 9.15 Å². The summed E-state index contributed by atoms with van der Waals surface area (Å²) in [6.07, 6.45) is 0.803. The average Bonchev–Trinajstić information content (AvgIpc) is 3.01. The molecule has 31 heavy (non-hydrogen) atoms. The highest BCUT2D eigenvalue weighted by atomic mass is 16.5. The minimum atomic E-state index is -0.447. The van der Waals surface area contributed by atoms with Crippen LogP contribution in [0.15, 0.2) is 51.7 Å². The van der Waals surface area contributed by atoms with E-state index in [2.05, 4.69) is 4.90 Å². The van der Waals surface area contributed by atoms with Gasteiger partial charge in [0.25, 0.3) is 5.91 Å². The van der Waals surface area contributed by atoms with Crippen LogP contribution in [0.25, 0.3) is 11.0 Å². The second-order valence-corrected chi connectivity index (χ2v) is 8.23. The lowest BCUT2D eigenvalue weighted by atomic mass is 9.97. The van der Waals surface area contributed by atoms with Crippen LogP contribution in [0.4, 0.5) is 0 Å². The van der Waals surface area contributed by atoms with Crippen molar-refractivity contribution in [1.82, 2.24) is 9.80 Å². The lowest BCUT2D eigenvalue weighted by molar-refractivity contribution is 0.0722. The first-order chi connectivity index (χ1) is 14.9. The molecule has 3 aromatic rings. The van der Waals surface area contributed by atoms with Gasteiger partial charge in [0.15, 0.2) is 5.43 Å². The smallest absolute Gasteiger partial charge is 0.290 e. The molecule has 1 aliphatic heterocycles. The molecular weight excluding hydrogens is 392 g/mol. The van der Waals surface area contributed by atoms with Crippen molar-refractivity contribution in [2.45, 2.75) is 26.3 Å². The number of rotatable bonds is 7. The molecule has 0 spiro atoms. The van der Waals surface area contributed by atoms with Crippen molar-refractivity contribution < 1.29 is 13.9 Å². The van der Waals surface area contributed by atoms with Crippen LogP contribution in [-0.2, 0) is 0 Å². The molecule has 162 valence electrons. The highest BCUT2D eigenvalue weighted by Gasteiger charge is 2.42. The Balaban J connectivity index is 1.85. The van der Waals surface area contributed by atoms with Crippen molar-refractivity contribution in [3.8, 4) is 5.75 Å². The van der Waals surface area contributed by atoms with E-state index >= 15 is 0 Å². The summed E-state index contributed by atoms with van der Waals surface area (Å²) in [6, 6.07) is 12.7. The molecule has 0 bridgehead atoms. The predicted octanol–water partition coefficient (Wildman–Crippen LogP) is 4.00. The van der Waals surface area contributed by atoms with Gasteiger partial charge in [0.2, 0.25) is 5.76 Å². The molecule has 0 fully saturated rings. The zero-order valence-corrected chi connectivity index (χ0v) is 18.5. The van der Waals surface area contributed by atoms with Crippen molar-refractivity contribution in [3.05, 3.63) is 75.1 Å². The molecule has 1 unspecified atom stereocenters. The number of hydrogen-bond acceptors (Lipinski definition) is 5. The molecule has 0 N–H and O–H groups in total. The molecule has 1 amide bonds. The van der Waals surface area contributed by atoms with Crippen LogP contribution in [-0.4, -0.2) is 49.5 Å². The van der Waals surface area contributed by atoms with Crippen molar-refractivity contribution >= 4 is 16.9 Å². The second kappa shape index (κ2) is 8.55. The van der Waals surface area contributed by atoms with Gasteiger partial charge in [0.05, 0.1) is 23.6 Å². The third-order valence-corrected chi connectivity index (χ3v) is 5.65. The van der Waals surface area contributed by atoms with E-state index < -0.39 is 6.04 Å². The number of benzene rings is 2. The Labute approximate surface area is 182 Å². The summed E-state index contributed by atoms with van der Waals surface area (Å²) in [7, 11) is 4.01. The van der Waals surface area contributed by atoms with Gasteiger partial charge in [-0.2, -0.15) is 0 Å². The van der Waals surface area contributed by atoms with Gasteiger partial charge in [-0.25, -0.2) is 0 Å². The summed E-state index contributed by atoms with van der Waals surface area (Å²) < 4.78 is 11.6. The number of carbonyl (C=O) groups is 1. The Morgan fingerprint density at radius 3 is 2.52 bits per heavy atom. The Hall–Kier alpha value is -3.12. The molecule has 0 radical (unpaired) electrons. The number of hydrogen-bond donors (Lipinski definition) is 0. The van der Waals surface area contributed by atoms with Gasteiger partial charge in [-0.1, -0.05) is 29.8 Å². The summed E-state index contributed by atoms with van der Waals surface area (Å²) >= 11 is 0. The van der Waals surface area contributed by atoms with Crippen LogP contribution in [0, 0.1) is 6.92 Å². The first-order valence-corrected chi connectivity index (χ1v) is 10.7. The minimum absolute atomic E-state index is 0.140. The number of aryl methyl sites for hydroxylation is 1. The highest BCUT2D eigenvalue weighted by molar-refractivity contribution is 5.99. The summed E-state index contributed by atoms with van der Waals surface area (Å²) in [5.74, 6) is 0.517. The Bertz CT molecular complexity index is 1160. The van der Waals surface area contributed by atoms with E-state index in [1.54, 1.807) is 23.1 Å². The first kappa shape index (κ1) is 21.1. The van der Waals surface area contributed by atoms with Crippen LogP contribution in [0.3, 0.4) is 0 Å². The largest absolute Gasteiger partial charge is 0.494 e. The Kier molecular flexibility index (Phi) is 5.83. The summed E-state index contributed by atoms with van der Waals surface area (Å²) in [6.45, 7) is 5.81. The predicted molar refractivity (Wildman–Crippen MR) is 121 cm³/mol. The van der Waals surface area contributed by atoms with Gasteiger partial charge >= 0.3 is 0 Å². The molecule has 0 saturated heterocycles. The van der Waals surface area contributed by atoms with Gasteiger partial charge in [-0.05, 0) is 58.6 Å². The number of ether oxygens (including phenoxy) is 1. The van der Waals surface area contributed by atoms with E-state index in [0.29, 0.717) is 35.4 Å². The number of fused-ring (bicyclic) bond motifs is 2. The van der Waals surface area contributed by atoms with Crippen molar-refractivity contribution in [2.24, 2.45) is 0 Å². The Morgan fingerprint density at radius 2 is 1.84 bits per heavy atom. The lowest BCUT2D eigenvalue weighted by Gasteiger charge is -2.25. The zero-order valence-electron chi connectivity index (χ0n) is 18.5. The molecule has 2 heterocycles. The number of carbonyl (C=O) groups excluding carboxylic acids is 1. The fraction of sp³-hybridized carbons (Fsp3) is 0.360. The summed E-state index contributed by atoms with van der Waals surface area (Å²) in [5.41, 5.74) is 2.69. The summed E-state index contributed by atoms with van der Waals surface area (Å²) in [4.78, 5) is 30.8. The van der Waals surface area contributed by atoms with Crippen LogP contribution >= 0.6 is 0 Å². The number of amides is 1. The maximum atomic E-state index is 13.5. The molecule has 6 nitrogen and oxygen atoms in total. The van der Waals surface area contributed by atoms with Crippen molar-refractivity contribution in [1.29, 1.82) is 0 Å². The topological polar surface area (TPSA) is 63.0 Å². The van der Waals surface area contributed by atoms with E-state index in [9.17, 15) is 9.59 Å². The molecule has 1 aliphatic rings. The third kappa shape index (κ3) is 3.95. The SMILES string of the molecule is CCOc1ccc2c(=O)c3c(oc2c1)C(=O)N(CCCN(C)C)C3c1ccc(C)cc1. The van der Waals surface area contributed by atoms with Gasteiger partial charge in [-0.3, -0.25) is 9.59 Å². The van der Waals surface area contributed by atoms with Crippen molar-refractivity contribution in [2.75, 3.05) is 33.8 Å². The average molecular weight is 421 g/mol. The number of nitrogens with zero attached hydrogens (tertiary/aromatic N) is 2. The summed E-state index contributed by atoms with van der Waals surface area (Å²) in [5, 5.41) is 0.460. The molecular formula is C25H28N2O4. The first-order valence-electron chi connectivity index (χ1n) is 10.7. The maximum Gasteiger partial charge on any atom is 0.290 e. The fourth-order valence-electron chi connectivity index (χ4n) is 4.14. The fourth-order valence-corrected chi connectivity index (χ4v) is 4.14. The molecule has 6 heteroatoms. The second-order valence-electron chi connectivity index (χ2n) is 8.23. The molecule has 2 aromatic carbocycles. The van der Waals surface area contributed by atoms with E-state index in [1.807, 2.05) is 52.2 Å². The lowest BCUT2D eigenvalue weighted by Crippen LogP contribution is -2.32. The standard InChI is InChI=1S/C25H28N2O4/c1-5-30-18-11-12-19-20(15-18)31-24-21(23(19)28)22(17-9-7-16(2)8-10-17)27(25(24)29)14-6-13-26(3)4/h7-12,15,22H,5-6,13-14H2,1-4H3. The van der Waals surface area contributed by atoms with Gasteiger partial charge in [0.1, 0.15) is 11.3 Å². The van der Waals surface area contributed by atoms with Crippen molar-refractivity contribution in [3.63, 3.8) is 0 Å². The van der Waals surface area contributed by atoms with E-state index in [-0.39, 0.29) is 17.1 Å². The molecule has 4 rings (SSSR count). The Morgan fingerprint density at radius 1 is 1.10 bits per heavy atom. The van der Waals surface area contributed by atoms with Gasteiger partial charge < -0.3 is 19.0 Å². The molecule has 0 saturated carbocycles. The normalized spacial score (nSPS) is 15.7. The van der Waals surface area contributed by atoms with Gasteiger partial charge in [0, 0.05) is 12.6 Å². The quantitative estimate of drug-likeness (QED) is 0.578. The third-order valence-electron chi connectivity index (χ3n) is 5.65. The van der Waals surface area contributed by atoms with Crippen LogP contribution in [0.1, 0.15) is 46.6 Å². The monoisotopic (exact) mass is 420 g/mol. The van der Waals surface area contributed by atoms with E-state index in [0.717, 1.165) is 24.1 Å².